The molecule has 1 fully saturated rings. The first-order valence-electron chi connectivity index (χ1n) is 6.12. The summed E-state index contributed by atoms with van der Waals surface area (Å²) < 4.78 is 14.4. The molecule has 2 N–H and O–H groups in total. The maximum atomic E-state index is 13.5. The summed E-state index contributed by atoms with van der Waals surface area (Å²) in [7, 11) is 0. The monoisotopic (exact) mass is 314 g/mol. The predicted molar refractivity (Wildman–Crippen MR) is 71.6 cm³/mol. The molecule has 1 aromatic carbocycles. The van der Waals surface area contributed by atoms with E-state index >= 15 is 0 Å². The van der Waals surface area contributed by atoms with Crippen LogP contribution < -0.4 is 10.6 Å². The van der Waals surface area contributed by atoms with E-state index in [4.69, 9.17) is 0 Å². The largest absolute Gasteiger partial charge is 0.355 e. The molecule has 0 saturated carbocycles. The number of hydrogen-bond donors (Lipinski definition) is 2. The fourth-order valence-electron chi connectivity index (χ4n) is 2.05. The molecule has 18 heavy (non-hydrogen) atoms. The van der Waals surface area contributed by atoms with Crippen LogP contribution in [0.2, 0.25) is 0 Å². The second kappa shape index (κ2) is 6.29. The van der Waals surface area contributed by atoms with Gasteiger partial charge in [-0.2, -0.15) is 0 Å². The minimum atomic E-state index is -0.250. The fraction of sp³-hybridized carbons (Fsp3) is 0.462. The number of benzene rings is 1. The lowest BCUT2D eigenvalue weighted by atomic mass is 10.1. The average Bonchev–Trinajstić information content (AvgIpc) is 2.55. The third-order valence-corrected chi connectivity index (χ3v) is 3.58. The van der Waals surface area contributed by atoms with Gasteiger partial charge < -0.3 is 10.6 Å². The van der Waals surface area contributed by atoms with Crippen molar-refractivity contribution in [2.24, 2.45) is 0 Å². The molecule has 1 heterocycles. The van der Waals surface area contributed by atoms with Crippen LogP contribution in [0.5, 0.6) is 0 Å². The van der Waals surface area contributed by atoms with Crippen LogP contribution >= 0.6 is 15.9 Å². The van der Waals surface area contributed by atoms with Crippen LogP contribution in [0, 0.1) is 5.82 Å². The topological polar surface area (TPSA) is 41.1 Å². The molecular formula is C13H16BrFN2O. The Hall–Kier alpha value is -0.940. The summed E-state index contributed by atoms with van der Waals surface area (Å²) >= 11 is 3.31. The molecule has 1 amide bonds. The Kier molecular flexibility index (Phi) is 4.72. The van der Waals surface area contributed by atoms with Gasteiger partial charge in [0.15, 0.2) is 0 Å². The summed E-state index contributed by atoms with van der Waals surface area (Å²) in [6.07, 6.45) is 2.83. The Labute approximate surface area is 114 Å². The summed E-state index contributed by atoms with van der Waals surface area (Å²) in [5.41, 5.74) is 0.571. The minimum Gasteiger partial charge on any atom is -0.355 e. The Morgan fingerprint density at radius 3 is 3.11 bits per heavy atom. The number of rotatable bonds is 3. The van der Waals surface area contributed by atoms with Crippen molar-refractivity contribution < 1.29 is 9.18 Å². The van der Waals surface area contributed by atoms with Crippen LogP contribution in [-0.4, -0.2) is 18.5 Å². The third kappa shape index (κ3) is 3.53. The summed E-state index contributed by atoms with van der Waals surface area (Å²) in [6.45, 7) is 1.10. The van der Waals surface area contributed by atoms with E-state index in [0.717, 1.165) is 30.3 Å². The lowest BCUT2D eigenvalue weighted by molar-refractivity contribution is -0.122. The maximum absolute atomic E-state index is 13.5. The van der Waals surface area contributed by atoms with Gasteiger partial charge in [0.2, 0.25) is 5.91 Å². The van der Waals surface area contributed by atoms with E-state index in [0.29, 0.717) is 12.1 Å². The Bertz CT molecular complexity index is 439. The van der Waals surface area contributed by atoms with E-state index in [-0.39, 0.29) is 17.8 Å². The molecule has 98 valence electrons. The lowest BCUT2D eigenvalue weighted by Crippen LogP contribution is -2.42. The van der Waals surface area contributed by atoms with E-state index in [9.17, 15) is 9.18 Å². The predicted octanol–water partition coefficient (Wildman–Crippen LogP) is 2.35. The van der Waals surface area contributed by atoms with Crippen molar-refractivity contribution >= 4 is 21.8 Å². The highest BCUT2D eigenvalue weighted by Gasteiger charge is 2.20. The Morgan fingerprint density at radius 1 is 1.44 bits per heavy atom. The highest BCUT2D eigenvalue weighted by Crippen LogP contribution is 2.16. The van der Waals surface area contributed by atoms with Crippen LogP contribution in [0.25, 0.3) is 0 Å². The standard InChI is InChI=1S/C13H16BrFN2O/c14-10-4-5-11(15)9(7-10)8-17-12-3-1-2-6-16-13(12)18/h4-5,7,12,17H,1-3,6,8H2,(H,16,18)/t12-/m0/s1. The molecule has 1 atom stereocenters. The first-order valence-corrected chi connectivity index (χ1v) is 6.91. The molecule has 0 bridgehead atoms. The van der Waals surface area contributed by atoms with Gasteiger partial charge in [-0.1, -0.05) is 15.9 Å². The number of amides is 1. The second-order valence-electron chi connectivity index (χ2n) is 4.46. The third-order valence-electron chi connectivity index (χ3n) is 3.08. The van der Waals surface area contributed by atoms with Crippen molar-refractivity contribution in [2.45, 2.75) is 31.8 Å². The minimum absolute atomic E-state index is 0.0166. The quantitative estimate of drug-likeness (QED) is 0.899. The lowest BCUT2D eigenvalue weighted by Gasteiger charge is -2.15. The van der Waals surface area contributed by atoms with Gasteiger partial charge in [-0.15, -0.1) is 0 Å². The van der Waals surface area contributed by atoms with Gasteiger partial charge in [0, 0.05) is 23.1 Å². The fourth-order valence-corrected chi connectivity index (χ4v) is 2.45. The van der Waals surface area contributed by atoms with E-state index in [1.807, 2.05) is 0 Å². The smallest absolute Gasteiger partial charge is 0.237 e. The zero-order chi connectivity index (χ0) is 13.0. The van der Waals surface area contributed by atoms with Crippen LogP contribution in [0.4, 0.5) is 4.39 Å². The molecule has 3 nitrogen and oxygen atoms in total. The normalized spacial score (nSPS) is 20.3. The highest BCUT2D eigenvalue weighted by atomic mass is 79.9. The Balaban J connectivity index is 1.97. The van der Waals surface area contributed by atoms with Crippen molar-refractivity contribution in [2.75, 3.05) is 6.54 Å². The van der Waals surface area contributed by atoms with E-state index in [2.05, 4.69) is 26.6 Å². The van der Waals surface area contributed by atoms with Crippen molar-refractivity contribution in [1.29, 1.82) is 0 Å². The average molecular weight is 315 g/mol. The molecule has 1 saturated heterocycles. The molecule has 0 radical (unpaired) electrons. The van der Waals surface area contributed by atoms with Crippen LogP contribution in [0.15, 0.2) is 22.7 Å². The van der Waals surface area contributed by atoms with Gasteiger partial charge >= 0.3 is 0 Å². The van der Waals surface area contributed by atoms with Gasteiger partial charge in [-0.05, 0) is 37.5 Å². The first-order chi connectivity index (χ1) is 8.66. The molecular weight excluding hydrogens is 299 g/mol. The van der Waals surface area contributed by atoms with Gasteiger partial charge in [-0.25, -0.2) is 4.39 Å². The summed E-state index contributed by atoms with van der Waals surface area (Å²) in [4.78, 5) is 11.7. The van der Waals surface area contributed by atoms with E-state index < -0.39 is 0 Å². The van der Waals surface area contributed by atoms with Crippen LogP contribution in [0.1, 0.15) is 24.8 Å². The number of halogens is 2. The van der Waals surface area contributed by atoms with Gasteiger partial charge in [0.05, 0.1) is 6.04 Å². The summed E-state index contributed by atoms with van der Waals surface area (Å²) in [6, 6.07) is 4.61. The molecule has 1 aromatic rings. The van der Waals surface area contributed by atoms with E-state index in [1.165, 1.54) is 6.07 Å². The first kappa shape index (κ1) is 13.5. The van der Waals surface area contributed by atoms with E-state index in [1.54, 1.807) is 12.1 Å². The molecule has 0 aromatic heterocycles. The van der Waals surface area contributed by atoms with Crippen molar-refractivity contribution in [3.63, 3.8) is 0 Å². The molecule has 0 spiro atoms. The van der Waals surface area contributed by atoms with Crippen LogP contribution in [0.3, 0.4) is 0 Å². The summed E-state index contributed by atoms with van der Waals surface area (Å²) in [5.74, 6) is -0.234. The molecule has 0 unspecified atom stereocenters. The SMILES string of the molecule is O=C1NCCCC[C@@H]1NCc1cc(Br)ccc1F. The second-order valence-corrected chi connectivity index (χ2v) is 5.37. The van der Waals surface area contributed by atoms with Gasteiger partial charge in [0.25, 0.3) is 0 Å². The van der Waals surface area contributed by atoms with Crippen LogP contribution in [-0.2, 0) is 11.3 Å². The van der Waals surface area contributed by atoms with Crippen molar-refractivity contribution in [1.82, 2.24) is 10.6 Å². The van der Waals surface area contributed by atoms with Crippen molar-refractivity contribution in [3.05, 3.63) is 34.1 Å². The Morgan fingerprint density at radius 2 is 2.28 bits per heavy atom. The van der Waals surface area contributed by atoms with Gasteiger partial charge in [-0.3, -0.25) is 4.79 Å². The molecule has 5 heteroatoms. The molecule has 0 aliphatic carbocycles. The maximum Gasteiger partial charge on any atom is 0.237 e. The van der Waals surface area contributed by atoms with Gasteiger partial charge in [0.1, 0.15) is 5.82 Å². The highest BCUT2D eigenvalue weighted by molar-refractivity contribution is 9.10. The van der Waals surface area contributed by atoms with Crippen molar-refractivity contribution in [3.8, 4) is 0 Å². The number of nitrogens with one attached hydrogen (secondary N) is 2. The zero-order valence-corrected chi connectivity index (χ0v) is 11.6. The number of carbonyl (C=O) groups is 1. The summed E-state index contributed by atoms with van der Waals surface area (Å²) in [5, 5.41) is 5.98. The molecule has 1 aliphatic heterocycles. The molecule has 1 aliphatic rings. The number of hydrogen-bond acceptors (Lipinski definition) is 2. The number of carbonyl (C=O) groups excluding carboxylic acids is 1. The zero-order valence-electron chi connectivity index (χ0n) is 10.0. The molecule has 2 rings (SSSR count).